The molecule has 218 valence electrons. The van der Waals surface area contributed by atoms with E-state index in [0.717, 1.165) is 64.4 Å². The Morgan fingerprint density at radius 2 is 1.77 bits per heavy atom. The SMILES string of the molecule is O=C(O)c1ccc2c(C3CCCCC3)c(-c3ccc4nc(-c5cnccn5)ccc4c3)n(CC(=O)N3CCOCC3)c2c1. The predicted molar refractivity (Wildman–Crippen MR) is 164 cm³/mol. The maximum absolute atomic E-state index is 13.7. The van der Waals surface area contributed by atoms with Gasteiger partial charge in [-0.15, -0.1) is 0 Å². The van der Waals surface area contributed by atoms with Crippen LogP contribution in [-0.2, 0) is 16.1 Å². The molecule has 0 atom stereocenters. The van der Waals surface area contributed by atoms with Crippen molar-refractivity contribution in [2.45, 2.75) is 44.6 Å². The monoisotopic (exact) mass is 575 g/mol. The number of benzene rings is 2. The summed E-state index contributed by atoms with van der Waals surface area (Å²) in [5.74, 6) is -0.645. The Morgan fingerprint density at radius 1 is 0.930 bits per heavy atom. The topological polar surface area (TPSA) is 110 Å². The lowest BCUT2D eigenvalue weighted by Gasteiger charge is -2.28. The van der Waals surface area contributed by atoms with Crippen LogP contribution in [-0.4, -0.2) is 67.7 Å². The van der Waals surface area contributed by atoms with Gasteiger partial charge in [0.2, 0.25) is 5.91 Å². The van der Waals surface area contributed by atoms with E-state index in [-0.39, 0.29) is 18.0 Å². The van der Waals surface area contributed by atoms with Crippen molar-refractivity contribution < 1.29 is 19.4 Å². The molecule has 2 aromatic carbocycles. The fraction of sp³-hybridized carbons (Fsp3) is 0.324. The molecule has 3 aromatic heterocycles. The van der Waals surface area contributed by atoms with E-state index in [1.165, 1.54) is 12.0 Å². The smallest absolute Gasteiger partial charge is 0.335 e. The van der Waals surface area contributed by atoms with Crippen LogP contribution in [0, 0.1) is 0 Å². The highest BCUT2D eigenvalue weighted by Crippen LogP contribution is 2.45. The molecule has 5 aromatic rings. The summed E-state index contributed by atoms with van der Waals surface area (Å²) in [6.45, 7) is 2.28. The summed E-state index contributed by atoms with van der Waals surface area (Å²) >= 11 is 0. The number of carboxylic acids is 1. The van der Waals surface area contributed by atoms with Crippen molar-refractivity contribution in [1.29, 1.82) is 0 Å². The van der Waals surface area contributed by atoms with E-state index in [1.807, 2.05) is 29.2 Å². The first-order valence-electron chi connectivity index (χ1n) is 15.0. The van der Waals surface area contributed by atoms with E-state index in [9.17, 15) is 14.7 Å². The number of carbonyl (C=O) groups is 2. The lowest BCUT2D eigenvalue weighted by atomic mass is 9.81. The third kappa shape index (κ3) is 5.25. The Kier molecular flexibility index (Phi) is 7.32. The van der Waals surface area contributed by atoms with Crippen molar-refractivity contribution >= 4 is 33.7 Å². The van der Waals surface area contributed by atoms with Crippen molar-refractivity contribution in [2.75, 3.05) is 26.3 Å². The number of carbonyl (C=O) groups excluding carboxylic acids is 1. The third-order valence-electron chi connectivity index (χ3n) is 8.81. The zero-order valence-electron chi connectivity index (χ0n) is 23.9. The lowest BCUT2D eigenvalue weighted by molar-refractivity contribution is -0.135. The fourth-order valence-corrected chi connectivity index (χ4v) is 6.68. The molecule has 1 saturated carbocycles. The van der Waals surface area contributed by atoms with Crippen LogP contribution in [0.3, 0.4) is 0 Å². The van der Waals surface area contributed by atoms with Crippen molar-refractivity contribution in [3.8, 4) is 22.6 Å². The van der Waals surface area contributed by atoms with Gasteiger partial charge in [0.05, 0.1) is 47.4 Å². The number of rotatable bonds is 6. The number of hydrogen-bond donors (Lipinski definition) is 1. The van der Waals surface area contributed by atoms with Crippen LogP contribution < -0.4 is 0 Å². The minimum Gasteiger partial charge on any atom is -0.478 e. The highest BCUT2D eigenvalue weighted by atomic mass is 16.5. The van der Waals surface area contributed by atoms with E-state index in [4.69, 9.17) is 9.72 Å². The molecule has 0 bridgehead atoms. The second kappa shape index (κ2) is 11.6. The summed E-state index contributed by atoms with van der Waals surface area (Å²) in [7, 11) is 0. The van der Waals surface area contributed by atoms with E-state index in [0.29, 0.717) is 37.9 Å². The van der Waals surface area contributed by atoms with Crippen LogP contribution in [0.4, 0.5) is 0 Å². The number of pyridine rings is 1. The van der Waals surface area contributed by atoms with E-state index < -0.39 is 5.97 Å². The van der Waals surface area contributed by atoms with Gasteiger partial charge in [-0.1, -0.05) is 37.5 Å². The maximum Gasteiger partial charge on any atom is 0.335 e. The number of amides is 1. The molecule has 0 spiro atoms. The van der Waals surface area contributed by atoms with Crippen LogP contribution in [0.2, 0.25) is 0 Å². The molecule has 1 saturated heterocycles. The Labute approximate surface area is 249 Å². The quantitative estimate of drug-likeness (QED) is 0.268. The minimum absolute atomic E-state index is 0.00782. The molecule has 1 aliphatic heterocycles. The molecule has 2 fully saturated rings. The first-order valence-corrected chi connectivity index (χ1v) is 15.0. The molecule has 9 nitrogen and oxygen atoms in total. The maximum atomic E-state index is 13.7. The number of nitrogens with zero attached hydrogens (tertiary/aromatic N) is 5. The zero-order valence-corrected chi connectivity index (χ0v) is 23.9. The van der Waals surface area contributed by atoms with Crippen molar-refractivity contribution in [3.63, 3.8) is 0 Å². The van der Waals surface area contributed by atoms with Gasteiger partial charge in [0.25, 0.3) is 0 Å². The molecule has 0 unspecified atom stereocenters. The normalized spacial score (nSPS) is 16.1. The number of aromatic nitrogens is 4. The minimum atomic E-state index is -0.981. The number of hydrogen-bond acceptors (Lipinski definition) is 6. The summed E-state index contributed by atoms with van der Waals surface area (Å²) in [5, 5.41) is 11.9. The van der Waals surface area contributed by atoms with E-state index in [1.54, 1.807) is 30.7 Å². The first-order chi connectivity index (χ1) is 21.1. The highest BCUT2D eigenvalue weighted by molar-refractivity contribution is 6.00. The number of fused-ring (bicyclic) bond motifs is 2. The first kappa shape index (κ1) is 27.2. The van der Waals surface area contributed by atoms with Gasteiger partial charge in [0.15, 0.2) is 0 Å². The van der Waals surface area contributed by atoms with E-state index in [2.05, 4.69) is 26.7 Å². The molecular weight excluding hydrogens is 542 g/mol. The molecule has 43 heavy (non-hydrogen) atoms. The van der Waals surface area contributed by atoms with Gasteiger partial charge in [-0.05, 0) is 60.2 Å². The van der Waals surface area contributed by atoms with Crippen LogP contribution in [0.15, 0.2) is 67.1 Å². The van der Waals surface area contributed by atoms with Gasteiger partial charge in [0.1, 0.15) is 12.2 Å². The van der Waals surface area contributed by atoms with Gasteiger partial charge in [-0.3, -0.25) is 14.8 Å². The lowest BCUT2D eigenvalue weighted by Crippen LogP contribution is -2.42. The Balaban J connectivity index is 1.41. The summed E-state index contributed by atoms with van der Waals surface area (Å²) in [4.78, 5) is 41.0. The molecule has 0 radical (unpaired) electrons. The predicted octanol–water partition coefficient (Wildman–Crippen LogP) is 5.92. The largest absolute Gasteiger partial charge is 0.478 e. The Bertz CT molecular complexity index is 1820. The van der Waals surface area contributed by atoms with Crippen LogP contribution >= 0.6 is 0 Å². The van der Waals surface area contributed by atoms with Crippen molar-refractivity contribution in [2.24, 2.45) is 0 Å². The summed E-state index contributed by atoms with van der Waals surface area (Å²) < 4.78 is 7.55. The highest BCUT2D eigenvalue weighted by Gasteiger charge is 2.29. The summed E-state index contributed by atoms with van der Waals surface area (Å²) in [5.41, 5.74) is 6.50. The number of morpholine rings is 1. The van der Waals surface area contributed by atoms with E-state index >= 15 is 0 Å². The molecule has 9 heteroatoms. The van der Waals surface area contributed by atoms with Gasteiger partial charge in [-0.2, -0.15) is 0 Å². The van der Waals surface area contributed by atoms with Gasteiger partial charge in [-0.25, -0.2) is 9.78 Å². The molecule has 1 amide bonds. The average Bonchev–Trinajstić information content (AvgIpc) is 3.38. The van der Waals surface area contributed by atoms with Gasteiger partial charge < -0.3 is 19.3 Å². The average molecular weight is 576 g/mol. The second-order valence-electron chi connectivity index (χ2n) is 11.4. The molecule has 2 aliphatic rings. The third-order valence-corrected chi connectivity index (χ3v) is 8.81. The molecule has 4 heterocycles. The Hall–Kier alpha value is -4.63. The van der Waals surface area contributed by atoms with Crippen LogP contribution in [0.1, 0.15) is 53.9 Å². The van der Waals surface area contributed by atoms with Crippen LogP contribution in [0.5, 0.6) is 0 Å². The van der Waals surface area contributed by atoms with Crippen LogP contribution in [0.25, 0.3) is 44.5 Å². The molecule has 1 N–H and O–H groups in total. The molecule has 7 rings (SSSR count). The van der Waals surface area contributed by atoms with Crippen molar-refractivity contribution in [3.05, 3.63) is 78.2 Å². The second-order valence-corrected chi connectivity index (χ2v) is 11.4. The summed E-state index contributed by atoms with van der Waals surface area (Å²) in [6, 6.07) is 15.6. The van der Waals surface area contributed by atoms with Crippen molar-refractivity contribution in [1.82, 2.24) is 24.4 Å². The number of ether oxygens (including phenoxy) is 1. The molecule has 1 aliphatic carbocycles. The number of carboxylic acid groups (broad SMARTS) is 1. The number of aromatic carboxylic acids is 1. The standard InChI is InChI=1S/C34H33N5O4/c40-31(38-14-16-43-17-15-38)21-39-30-19-25(34(41)42)6-9-26(30)32(22-4-2-1-3-5-22)33(39)24-8-10-27-23(18-24)7-11-28(37-27)29-20-35-12-13-36-29/h6-13,18-20,22H,1-5,14-17,21H2,(H,41,42). The molecular formula is C34H33N5O4. The zero-order chi connectivity index (χ0) is 29.3. The van der Waals surface area contributed by atoms with Gasteiger partial charge in [0, 0.05) is 36.3 Å². The Morgan fingerprint density at radius 3 is 2.53 bits per heavy atom. The van der Waals surface area contributed by atoms with Gasteiger partial charge >= 0.3 is 5.97 Å². The fourth-order valence-electron chi connectivity index (χ4n) is 6.68. The summed E-state index contributed by atoms with van der Waals surface area (Å²) in [6.07, 6.45) is 10.7.